The summed E-state index contributed by atoms with van der Waals surface area (Å²) in [6.45, 7) is 0. The van der Waals surface area contributed by atoms with Crippen LogP contribution in [0.3, 0.4) is 0 Å². The number of carboxylic acid groups (broad SMARTS) is 1. The number of hydrogen-bond donors (Lipinski definition) is 2. The van der Waals surface area contributed by atoms with Gasteiger partial charge in [0.25, 0.3) is 0 Å². The molecular formula is C9H6N2O3. The number of carbonyl (C=O) groups excluding carboxylic acids is 1. The van der Waals surface area contributed by atoms with Crippen molar-refractivity contribution >= 4 is 18.1 Å². The van der Waals surface area contributed by atoms with Gasteiger partial charge in [0.2, 0.25) is 6.41 Å². The minimum atomic E-state index is -1.19. The van der Waals surface area contributed by atoms with E-state index in [9.17, 15) is 9.59 Å². The maximum Gasteiger partial charge on any atom is 0.337 e. The molecule has 0 bridgehead atoms. The highest BCUT2D eigenvalue weighted by molar-refractivity contribution is 5.96. The molecule has 0 saturated carbocycles. The van der Waals surface area contributed by atoms with E-state index in [1.165, 1.54) is 18.2 Å². The van der Waals surface area contributed by atoms with Crippen molar-refractivity contribution in [3.63, 3.8) is 0 Å². The molecule has 0 saturated heterocycles. The topological polar surface area (TPSA) is 90.2 Å². The van der Waals surface area contributed by atoms with Crippen molar-refractivity contribution in [2.75, 3.05) is 5.32 Å². The molecule has 1 aromatic rings. The molecule has 14 heavy (non-hydrogen) atoms. The SMILES string of the molecule is N#Cc1ccc(NC=O)c(C(=O)O)c1. The van der Waals surface area contributed by atoms with Gasteiger partial charge in [0.05, 0.1) is 22.9 Å². The second kappa shape index (κ2) is 4.05. The van der Waals surface area contributed by atoms with Crippen molar-refractivity contribution in [2.45, 2.75) is 0 Å². The minimum absolute atomic E-state index is 0.101. The van der Waals surface area contributed by atoms with E-state index in [2.05, 4.69) is 5.32 Å². The maximum absolute atomic E-state index is 10.7. The molecule has 2 N–H and O–H groups in total. The van der Waals surface area contributed by atoms with E-state index in [4.69, 9.17) is 10.4 Å². The van der Waals surface area contributed by atoms with E-state index in [-0.39, 0.29) is 16.8 Å². The highest BCUT2D eigenvalue weighted by atomic mass is 16.4. The largest absolute Gasteiger partial charge is 0.478 e. The molecule has 1 amide bonds. The molecule has 1 rings (SSSR count). The van der Waals surface area contributed by atoms with Gasteiger partial charge in [-0.25, -0.2) is 4.79 Å². The summed E-state index contributed by atoms with van der Waals surface area (Å²) < 4.78 is 0. The molecule has 5 heteroatoms. The lowest BCUT2D eigenvalue weighted by atomic mass is 10.1. The van der Waals surface area contributed by atoms with Gasteiger partial charge in [-0.05, 0) is 18.2 Å². The van der Waals surface area contributed by atoms with Crippen LogP contribution in [0.5, 0.6) is 0 Å². The maximum atomic E-state index is 10.7. The summed E-state index contributed by atoms with van der Waals surface area (Å²) >= 11 is 0. The van der Waals surface area contributed by atoms with E-state index in [0.717, 1.165) is 0 Å². The second-order valence-electron chi connectivity index (χ2n) is 2.44. The molecule has 0 spiro atoms. The van der Waals surface area contributed by atoms with Crippen LogP contribution in [0.25, 0.3) is 0 Å². The lowest BCUT2D eigenvalue weighted by molar-refractivity contribution is -0.105. The van der Waals surface area contributed by atoms with Gasteiger partial charge in [0.15, 0.2) is 0 Å². The van der Waals surface area contributed by atoms with Crippen LogP contribution >= 0.6 is 0 Å². The zero-order chi connectivity index (χ0) is 10.6. The molecule has 0 unspecified atom stereocenters. The first-order valence-corrected chi connectivity index (χ1v) is 3.66. The summed E-state index contributed by atoms with van der Waals surface area (Å²) in [7, 11) is 0. The fourth-order valence-corrected chi connectivity index (χ4v) is 0.980. The number of anilines is 1. The number of carbonyl (C=O) groups is 2. The Balaban J connectivity index is 3.25. The first-order valence-electron chi connectivity index (χ1n) is 3.66. The first-order chi connectivity index (χ1) is 6.69. The second-order valence-corrected chi connectivity index (χ2v) is 2.44. The average molecular weight is 190 g/mol. The van der Waals surface area contributed by atoms with Gasteiger partial charge < -0.3 is 10.4 Å². The van der Waals surface area contributed by atoms with Gasteiger partial charge in [0, 0.05) is 0 Å². The standard InChI is InChI=1S/C9H6N2O3/c10-4-6-1-2-8(11-5-12)7(3-6)9(13)14/h1-3,5H,(H,11,12)(H,13,14). The number of hydrogen-bond acceptors (Lipinski definition) is 3. The molecule has 70 valence electrons. The Labute approximate surface area is 79.6 Å². The minimum Gasteiger partial charge on any atom is -0.478 e. The first kappa shape index (κ1) is 9.74. The van der Waals surface area contributed by atoms with Crippen LogP contribution in [-0.2, 0) is 4.79 Å². The lowest BCUT2D eigenvalue weighted by Gasteiger charge is -2.03. The summed E-state index contributed by atoms with van der Waals surface area (Å²) in [5.41, 5.74) is 0.307. The van der Waals surface area contributed by atoms with Crippen LogP contribution in [0.15, 0.2) is 18.2 Å². The van der Waals surface area contributed by atoms with Crippen LogP contribution in [0.2, 0.25) is 0 Å². The van der Waals surface area contributed by atoms with Crippen LogP contribution in [0.4, 0.5) is 5.69 Å². The number of aromatic carboxylic acids is 1. The lowest BCUT2D eigenvalue weighted by Crippen LogP contribution is -2.04. The number of nitrogens with one attached hydrogen (secondary N) is 1. The Morgan fingerprint density at radius 1 is 1.57 bits per heavy atom. The summed E-state index contributed by atoms with van der Waals surface area (Å²) in [6, 6.07) is 5.81. The Morgan fingerprint density at radius 3 is 2.79 bits per heavy atom. The average Bonchev–Trinajstić information content (AvgIpc) is 2.18. The van der Waals surface area contributed by atoms with Gasteiger partial charge >= 0.3 is 5.97 Å². The van der Waals surface area contributed by atoms with Gasteiger partial charge in [-0.1, -0.05) is 0 Å². The van der Waals surface area contributed by atoms with E-state index < -0.39 is 5.97 Å². The van der Waals surface area contributed by atoms with Crippen molar-refractivity contribution in [3.8, 4) is 6.07 Å². The number of rotatable bonds is 3. The number of nitrogens with zero attached hydrogens (tertiary/aromatic N) is 1. The normalized spacial score (nSPS) is 8.79. The molecular weight excluding hydrogens is 184 g/mol. The van der Waals surface area contributed by atoms with Crippen LogP contribution < -0.4 is 5.32 Å². The Kier molecular flexibility index (Phi) is 2.82. The third-order valence-corrected chi connectivity index (χ3v) is 1.59. The quantitative estimate of drug-likeness (QED) is 0.690. The number of carboxylic acids is 1. The number of amides is 1. The number of benzene rings is 1. The van der Waals surface area contributed by atoms with Crippen molar-refractivity contribution in [3.05, 3.63) is 29.3 Å². The highest BCUT2D eigenvalue weighted by Crippen LogP contribution is 2.16. The molecule has 0 aromatic heterocycles. The Hall–Kier alpha value is -2.35. The summed E-state index contributed by atoms with van der Waals surface area (Å²) in [4.78, 5) is 20.8. The molecule has 0 atom stereocenters. The Morgan fingerprint density at radius 2 is 2.29 bits per heavy atom. The van der Waals surface area contributed by atoms with E-state index in [1.54, 1.807) is 0 Å². The van der Waals surface area contributed by atoms with Crippen LogP contribution in [-0.4, -0.2) is 17.5 Å². The van der Waals surface area contributed by atoms with Gasteiger partial charge in [-0.3, -0.25) is 4.79 Å². The van der Waals surface area contributed by atoms with Crippen molar-refractivity contribution in [2.24, 2.45) is 0 Å². The summed E-state index contributed by atoms with van der Waals surface area (Å²) in [6.07, 6.45) is 0.383. The summed E-state index contributed by atoms with van der Waals surface area (Å²) in [5, 5.41) is 19.5. The predicted octanol–water partition coefficient (Wildman–Crippen LogP) is 0.825. The zero-order valence-corrected chi connectivity index (χ0v) is 7.02. The van der Waals surface area contributed by atoms with Crippen molar-refractivity contribution in [1.82, 2.24) is 0 Å². The molecule has 0 heterocycles. The molecule has 0 fully saturated rings. The Bertz CT molecular complexity index is 421. The van der Waals surface area contributed by atoms with Gasteiger partial charge in [-0.2, -0.15) is 5.26 Å². The third kappa shape index (κ3) is 1.87. The van der Waals surface area contributed by atoms with Gasteiger partial charge in [0.1, 0.15) is 0 Å². The summed E-state index contributed by atoms with van der Waals surface area (Å²) in [5.74, 6) is -1.19. The smallest absolute Gasteiger partial charge is 0.337 e. The van der Waals surface area contributed by atoms with Crippen molar-refractivity contribution < 1.29 is 14.7 Å². The highest BCUT2D eigenvalue weighted by Gasteiger charge is 2.10. The zero-order valence-electron chi connectivity index (χ0n) is 7.02. The molecule has 0 aliphatic rings. The molecule has 5 nitrogen and oxygen atoms in total. The van der Waals surface area contributed by atoms with Crippen molar-refractivity contribution in [1.29, 1.82) is 5.26 Å². The molecule has 1 aromatic carbocycles. The number of nitriles is 1. The van der Waals surface area contributed by atoms with Gasteiger partial charge in [-0.15, -0.1) is 0 Å². The van der Waals surface area contributed by atoms with Crippen LogP contribution in [0.1, 0.15) is 15.9 Å². The predicted molar refractivity (Wildman–Crippen MR) is 47.8 cm³/mol. The van der Waals surface area contributed by atoms with E-state index in [0.29, 0.717) is 6.41 Å². The van der Waals surface area contributed by atoms with E-state index >= 15 is 0 Å². The van der Waals surface area contributed by atoms with E-state index in [1.807, 2.05) is 6.07 Å². The molecule has 0 aliphatic heterocycles. The third-order valence-electron chi connectivity index (χ3n) is 1.59. The molecule has 0 aliphatic carbocycles. The van der Waals surface area contributed by atoms with Crippen LogP contribution in [0, 0.1) is 11.3 Å². The fourth-order valence-electron chi connectivity index (χ4n) is 0.980. The molecule has 0 radical (unpaired) electrons. The fraction of sp³-hybridized carbons (Fsp3) is 0. The monoisotopic (exact) mass is 190 g/mol.